The molecular weight excluding hydrogens is 647 g/mol. The molecule has 53 heavy (non-hydrogen) atoms. The van der Waals surface area contributed by atoms with E-state index < -0.39 is 0 Å². The van der Waals surface area contributed by atoms with Crippen molar-refractivity contribution in [3.05, 3.63) is 188 Å². The van der Waals surface area contributed by atoms with Gasteiger partial charge in [0.25, 0.3) is 0 Å². The molecule has 0 aliphatic rings. The minimum absolute atomic E-state index is 0.898. The lowest BCUT2D eigenvalue weighted by atomic mass is 9.97. The molecular formula is C50H31NO2. The zero-order valence-electron chi connectivity index (χ0n) is 28.7. The lowest BCUT2D eigenvalue weighted by Crippen LogP contribution is -2.10. The van der Waals surface area contributed by atoms with Crippen molar-refractivity contribution in [3.63, 3.8) is 0 Å². The van der Waals surface area contributed by atoms with E-state index in [1.165, 1.54) is 16.2 Å². The molecule has 3 nitrogen and oxygen atoms in total. The fourth-order valence-corrected chi connectivity index (χ4v) is 8.12. The highest BCUT2D eigenvalue weighted by molar-refractivity contribution is 6.19. The average Bonchev–Trinajstić information content (AvgIpc) is 3.80. The number of para-hydroxylation sites is 1. The summed E-state index contributed by atoms with van der Waals surface area (Å²) in [6.07, 6.45) is 0. The third kappa shape index (κ3) is 4.75. The van der Waals surface area contributed by atoms with Gasteiger partial charge >= 0.3 is 0 Å². The second kappa shape index (κ2) is 11.7. The van der Waals surface area contributed by atoms with Crippen molar-refractivity contribution in [3.8, 4) is 22.3 Å². The normalized spacial score (nSPS) is 11.8. The minimum Gasteiger partial charge on any atom is -0.456 e. The molecule has 0 saturated heterocycles. The molecule has 0 fully saturated rings. The number of anilines is 3. The third-order valence-electron chi connectivity index (χ3n) is 10.7. The Morgan fingerprint density at radius 2 is 0.925 bits per heavy atom. The maximum absolute atomic E-state index is 6.51. The number of furan rings is 2. The molecule has 3 heteroatoms. The average molecular weight is 678 g/mol. The van der Waals surface area contributed by atoms with Crippen LogP contribution in [-0.4, -0.2) is 0 Å². The van der Waals surface area contributed by atoms with Gasteiger partial charge in [0.05, 0.1) is 5.69 Å². The van der Waals surface area contributed by atoms with Crippen LogP contribution >= 0.6 is 0 Å². The van der Waals surface area contributed by atoms with E-state index in [2.05, 4.69) is 181 Å². The standard InChI is InChI=1S/C50H31NO2/c1-3-12-39-33(9-1)11-7-16-45(39)51(37-25-19-32(20-26-37)36-24-29-43-42-14-5-6-17-46(42)52-48(43)31-36)38-27-21-35(22-28-38)40-15-8-18-47-49(40)44-30-23-34-10-2-4-13-41(34)50(44)53-47/h1-31H. The van der Waals surface area contributed by atoms with E-state index in [1.54, 1.807) is 0 Å². The summed E-state index contributed by atoms with van der Waals surface area (Å²) in [7, 11) is 0. The Kier molecular flexibility index (Phi) is 6.55. The predicted molar refractivity (Wildman–Crippen MR) is 222 cm³/mol. The van der Waals surface area contributed by atoms with Crippen molar-refractivity contribution < 1.29 is 8.83 Å². The van der Waals surface area contributed by atoms with Crippen molar-refractivity contribution in [2.45, 2.75) is 0 Å². The highest BCUT2D eigenvalue weighted by Crippen LogP contribution is 2.43. The first-order valence-corrected chi connectivity index (χ1v) is 18.0. The van der Waals surface area contributed by atoms with Crippen LogP contribution in [0.4, 0.5) is 17.1 Å². The summed E-state index contributed by atoms with van der Waals surface area (Å²) in [5.74, 6) is 0. The van der Waals surface area contributed by atoms with Crippen LogP contribution < -0.4 is 4.90 Å². The van der Waals surface area contributed by atoms with Crippen LogP contribution in [-0.2, 0) is 0 Å². The van der Waals surface area contributed by atoms with Crippen molar-refractivity contribution in [2.24, 2.45) is 0 Å². The molecule has 0 atom stereocenters. The maximum Gasteiger partial charge on any atom is 0.143 e. The Labute approximate surface area is 305 Å². The maximum atomic E-state index is 6.51. The highest BCUT2D eigenvalue weighted by atomic mass is 16.3. The molecule has 0 N–H and O–H groups in total. The fraction of sp³-hybridized carbons (Fsp3) is 0. The van der Waals surface area contributed by atoms with Crippen LogP contribution in [0.1, 0.15) is 0 Å². The van der Waals surface area contributed by atoms with Gasteiger partial charge in [-0.05, 0) is 93.7 Å². The zero-order chi connectivity index (χ0) is 34.9. The second-order valence-electron chi connectivity index (χ2n) is 13.7. The second-order valence-corrected chi connectivity index (χ2v) is 13.7. The van der Waals surface area contributed by atoms with Crippen LogP contribution in [0.15, 0.2) is 197 Å². The quantitative estimate of drug-likeness (QED) is 0.182. The number of hydrogen-bond donors (Lipinski definition) is 0. The van der Waals surface area contributed by atoms with Gasteiger partial charge in [0, 0.05) is 43.7 Å². The lowest BCUT2D eigenvalue weighted by Gasteiger charge is -2.27. The number of rotatable bonds is 5. The Morgan fingerprint density at radius 1 is 0.340 bits per heavy atom. The molecule has 0 amide bonds. The van der Waals surface area contributed by atoms with E-state index >= 15 is 0 Å². The van der Waals surface area contributed by atoms with Crippen LogP contribution in [0.2, 0.25) is 0 Å². The van der Waals surface area contributed by atoms with Crippen LogP contribution in [0.25, 0.3) is 87.7 Å². The monoisotopic (exact) mass is 677 g/mol. The number of nitrogens with zero attached hydrogens (tertiary/aromatic N) is 1. The van der Waals surface area contributed by atoms with Gasteiger partial charge in [-0.2, -0.15) is 0 Å². The Hall–Kier alpha value is -7.10. The summed E-state index contributed by atoms with van der Waals surface area (Å²) in [4.78, 5) is 2.36. The van der Waals surface area contributed by atoms with Gasteiger partial charge < -0.3 is 13.7 Å². The third-order valence-corrected chi connectivity index (χ3v) is 10.7. The van der Waals surface area contributed by atoms with Crippen LogP contribution in [0, 0.1) is 0 Å². The molecule has 0 aliphatic heterocycles. The van der Waals surface area contributed by atoms with Crippen molar-refractivity contribution in [2.75, 3.05) is 4.90 Å². The molecule has 0 aliphatic carbocycles. The number of fused-ring (bicyclic) bond motifs is 9. The van der Waals surface area contributed by atoms with Crippen molar-refractivity contribution >= 4 is 82.5 Å². The highest BCUT2D eigenvalue weighted by Gasteiger charge is 2.18. The van der Waals surface area contributed by atoms with Gasteiger partial charge in [-0.25, -0.2) is 0 Å². The summed E-state index contributed by atoms with van der Waals surface area (Å²) in [5.41, 5.74) is 11.5. The molecule has 0 saturated carbocycles. The van der Waals surface area contributed by atoms with Crippen molar-refractivity contribution in [1.29, 1.82) is 0 Å². The number of hydrogen-bond acceptors (Lipinski definition) is 3. The molecule has 11 rings (SSSR count). The largest absolute Gasteiger partial charge is 0.456 e. The first-order valence-electron chi connectivity index (χ1n) is 18.0. The van der Waals surface area contributed by atoms with Gasteiger partial charge in [-0.15, -0.1) is 0 Å². The molecule has 11 aromatic rings. The molecule has 2 heterocycles. The van der Waals surface area contributed by atoms with E-state index in [9.17, 15) is 0 Å². The van der Waals surface area contributed by atoms with E-state index in [0.717, 1.165) is 88.6 Å². The molecule has 248 valence electrons. The summed E-state index contributed by atoms with van der Waals surface area (Å²) in [5, 5.41) is 9.27. The van der Waals surface area contributed by atoms with E-state index in [-0.39, 0.29) is 0 Å². The summed E-state index contributed by atoms with van der Waals surface area (Å²) >= 11 is 0. The Morgan fingerprint density at radius 3 is 1.74 bits per heavy atom. The van der Waals surface area contributed by atoms with Gasteiger partial charge in [-0.3, -0.25) is 0 Å². The Balaban J connectivity index is 1.02. The Bertz CT molecular complexity index is 3160. The zero-order valence-corrected chi connectivity index (χ0v) is 28.7. The summed E-state index contributed by atoms with van der Waals surface area (Å²) < 4.78 is 12.7. The topological polar surface area (TPSA) is 29.5 Å². The predicted octanol–water partition coefficient (Wildman–Crippen LogP) is 14.6. The van der Waals surface area contributed by atoms with Crippen molar-refractivity contribution in [1.82, 2.24) is 0 Å². The van der Waals surface area contributed by atoms with Crippen LogP contribution in [0.5, 0.6) is 0 Å². The SMILES string of the molecule is c1ccc2c(N(c3ccc(-c4ccc5c(c4)oc4ccccc45)cc3)c3ccc(-c4cccc5oc6c7ccccc7ccc6c45)cc3)cccc2c1. The van der Waals surface area contributed by atoms with Gasteiger partial charge in [-0.1, -0.05) is 127 Å². The van der Waals surface area contributed by atoms with E-state index in [1.807, 2.05) is 12.1 Å². The van der Waals surface area contributed by atoms with Gasteiger partial charge in [0.15, 0.2) is 0 Å². The number of benzene rings is 9. The van der Waals surface area contributed by atoms with Crippen LogP contribution in [0.3, 0.4) is 0 Å². The van der Waals surface area contributed by atoms with E-state index in [0.29, 0.717) is 0 Å². The first-order chi connectivity index (χ1) is 26.3. The fourth-order valence-electron chi connectivity index (χ4n) is 8.12. The lowest BCUT2D eigenvalue weighted by molar-refractivity contribution is 0.669. The minimum atomic E-state index is 0.898. The summed E-state index contributed by atoms with van der Waals surface area (Å²) in [6.45, 7) is 0. The molecule has 0 spiro atoms. The molecule has 2 aromatic heterocycles. The van der Waals surface area contributed by atoms with E-state index in [4.69, 9.17) is 8.83 Å². The van der Waals surface area contributed by atoms with Gasteiger partial charge in [0.1, 0.15) is 22.3 Å². The molecule has 0 bridgehead atoms. The molecule has 0 radical (unpaired) electrons. The first kappa shape index (κ1) is 29.6. The smallest absolute Gasteiger partial charge is 0.143 e. The summed E-state index contributed by atoms with van der Waals surface area (Å²) in [6, 6.07) is 66.8. The molecule has 9 aromatic carbocycles. The molecule has 0 unspecified atom stereocenters. The van der Waals surface area contributed by atoms with Gasteiger partial charge in [0.2, 0.25) is 0 Å².